The number of thiocarbonyl (C=S) groups is 1. The third kappa shape index (κ3) is 8.89. The lowest BCUT2D eigenvalue weighted by Crippen LogP contribution is -2.48. The molecule has 0 saturated carbocycles. The summed E-state index contributed by atoms with van der Waals surface area (Å²) in [5.74, 6) is -0.0258. The van der Waals surface area contributed by atoms with Crippen LogP contribution in [0.25, 0.3) is 6.08 Å². The zero-order valence-electron chi connectivity index (χ0n) is 16.3. The largest absolute Gasteiger partial charge is 0.494 e. The maximum Gasteiger partial charge on any atom is 0.269 e. The van der Waals surface area contributed by atoms with Crippen molar-refractivity contribution in [3.8, 4) is 5.75 Å². The van der Waals surface area contributed by atoms with Crippen molar-refractivity contribution < 1.29 is 14.3 Å². The van der Waals surface area contributed by atoms with Gasteiger partial charge in [-0.15, -0.1) is 11.3 Å². The lowest BCUT2D eigenvalue weighted by atomic mass is 10.2. The lowest BCUT2D eigenvalue weighted by Gasteiger charge is -2.10. The minimum Gasteiger partial charge on any atom is -0.494 e. The van der Waals surface area contributed by atoms with Gasteiger partial charge >= 0.3 is 0 Å². The van der Waals surface area contributed by atoms with Crippen LogP contribution in [0.4, 0.5) is 0 Å². The monoisotopic (exact) mass is 431 g/mol. The van der Waals surface area contributed by atoms with Crippen LogP contribution < -0.4 is 20.9 Å². The first-order valence-corrected chi connectivity index (χ1v) is 10.7. The van der Waals surface area contributed by atoms with Crippen molar-refractivity contribution in [2.75, 3.05) is 6.61 Å². The van der Waals surface area contributed by atoms with Gasteiger partial charge in [-0.05, 0) is 60.4 Å². The van der Waals surface area contributed by atoms with Crippen molar-refractivity contribution in [3.63, 3.8) is 0 Å². The van der Waals surface area contributed by atoms with Crippen LogP contribution in [0.3, 0.4) is 0 Å². The molecule has 0 unspecified atom stereocenters. The maximum atomic E-state index is 12.2. The zero-order valence-corrected chi connectivity index (χ0v) is 17.9. The second-order valence-corrected chi connectivity index (χ2v) is 7.57. The average Bonchev–Trinajstić information content (AvgIpc) is 3.24. The number of carbonyl (C=O) groups is 2. The van der Waals surface area contributed by atoms with Crippen LogP contribution in [0.2, 0.25) is 0 Å². The molecule has 0 aliphatic rings. The van der Waals surface area contributed by atoms with Gasteiger partial charge in [-0.1, -0.05) is 32.3 Å². The Hall–Kier alpha value is -2.71. The van der Waals surface area contributed by atoms with E-state index in [4.69, 9.17) is 17.0 Å². The number of rotatable bonds is 9. The minimum atomic E-state index is -0.384. The van der Waals surface area contributed by atoms with Gasteiger partial charge in [0.05, 0.1) is 6.61 Å². The molecule has 1 heterocycles. The number of thiophene rings is 1. The molecule has 0 aliphatic carbocycles. The topological polar surface area (TPSA) is 79.5 Å². The highest BCUT2D eigenvalue weighted by molar-refractivity contribution is 7.80. The maximum absolute atomic E-state index is 12.2. The molecule has 29 heavy (non-hydrogen) atoms. The van der Waals surface area contributed by atoms with Gasteiger partial charge in [-0.25, -0.2) is 0 Å². The summed E-state index contributed by atoms with van der Waals surface area (Å²) in [4.78, 5) is 24.9. The third-order valence-electron chi connectivity index (χ3n) is 3.85. The van der Waals surface area contributed by atoms with E-state index in [2.05, 4.69) is 23.1 Å². The predicted octanol–water partition coefficient (Wildman–Crippen LogP) is 4.06. The second kappa shape index (κ2) is 12.7. The van der Waals surface area contributed by atoms with Crippen LogP contribution in [0.1, 0.15) is 47.8 Å². The molecule has 0 bridgehead atoms. The fraction of sp³-hybridized carbons (Fsp3) is 0.286. The molecule has 0 saturated heterocycles. The molecule has 0 fully saturated rings. The molecule has 2 amide bonds. The van der Waals surface area contributed by atoms with Crippen LogP contribution in [-0.4, -0.2) is 23.5 Å². The number of amides is 2. The molecular weight excluding hydrogens is 406 g/mol. The van der Waals surface area contributed by atoms with Gasteiger partial charge < -0.3 is 4.74 Å². The van der Waals surface area contributed by atoms with Gasteiger partial charge in [0.2, 0.25) is 5.91 Å². The second-order valence-electron chi connectivity index (χ2n) is 6.18. The molecule has 154 valence electrons. The van der Waals surface area contributed by atoms with E-state index in [1.54, 1.807) is 30.3 Å². The average molecular weight is 432 g/mol. The Labute approximate surface area is 180 Å². The van der Waals surface area contributed by atoms with Crippen LogP contribution in [0.15, 0.2) is 47.9 Å². The first kappa shape index (κ1) is 22.6. The van der Waals surface area contributed by atoms with E-state index in [1.165, 1.54) is 30.3 Å². The fourth-order valence-corrected chi connectivity index (χ4v) is 3.11. The number of unbranched alkanes of at least 4 members (excludes halogenated alkanes) is 3. The summed E-state index contributed by atoms with van der Waals surface area (Å²) in [5.41, 5.74) is 5.41. The van der Waals surface area contributed by atoms with Gasteiger partial charge in [0, 0.05) is 16.5 Å². The number of carbonyl (C=O) groups excluding carboxylic acids is 2. The molecule has 2 aromatic rings. The molecule has 0 spiro atoms. The molecule has 6 nitrogen and oxygen atoms in total. The van der Waals surface area contributed by atoms with Crippen molar-refractivity contribution >= 4 is 46.6 Å². The van der Waals surface area contributed by atoms with Gasteiger partial charge in [0.15, 0.2) is 5.11 Å². The summed E-state index contributed by atoms with van der Waals surface area (Å²) in [6.45, 7) is 2.84. The standard InChI is InChI=1S/C21H25N3O3S2/c1-2-3-4-5-14-27-17-10-8-16(9-11-17)20(26)23-24-21(28)22-19(25)13-12-18-7-6-15-29-18/h6-13,15H,2-5,14H2,1H3,(H,23,26)(H2,22,24,25,28). The third-order valence-corrected chi connectivity index (χ3v) is 4.89. The number of ether oxygens (including phenoxy) is 1. The minimum absolute atomic E-state index is 0.00575. The molecule has 3 N–H and O–H groups in total. The van der Waals surface area contributed by atoms with Crippen molar-refractivity contribution in [1.29, 1.82) is 0 Å². The summed E-state index contributed by atoms with van der Waals surface area (Å²) < 4.78 is 5.66. The van der Waals surface area contributed by atoms with Crippen LogP contribution in [0, 0.1) is 0 Å². The van der Waals surface area contributed by atoms with Crippen molar-refractivity contribution in [2.45, 2.75) is 32.6 Å². The van der Waals surface area contributed by atoms with Crippen LogP contribution in [-0.2, 0) is 4.79 Å². The van der Waals surface area contributed by atoms with Crippen LogP contribution >= 0.6 is 23.6 Å². The first-order chi connectivity index (χ1) is 14.1. The SMILES string of the molecule is CCCCCCOc1ccc(C(=O)NNC(=S)NC(=O)C=Cc2cccs2)cc1. The first-order valence-electron chi connectivity index (χ1n) is 9.44. The molecular formula is C21H25N3O3S2. The number of nitrogens with one attached hydrogen (secondary N) is 3. The summed E-state index contributed by atoms with van der Waals surface area (Å²) in [6.07, 6.45) is 7.64. The predicted molar refractivity (Wildman–Crippen MR) is 121 cm³/mol. The zero-order chi connectivity index (χ0) is 20.9. The Morgan fingerprint density at radius 2 is 1.90 bits per heavy atom. The highest BCUT2D eigenvalue weighted by atomic mass is 32.1. The van der Waals surface area contributed by atoms with Crippen molar-refractivity contribution in [2.24, 2.45) is 0 Å². The molecule has 0 atom stereocenters. The fourth-order valence-electron chi connectivity index (χ4n) is 2.34. The summed E-state index contributed by atoms with van der Waals surface area (Å²) >= 11 is 6.52. The van der Waals surface area contributed by atoms with E-state index in [1.807, 2.05) is 17.5 Å². The van der Waals surface area contributed by atoms with E-state index in [0.29, 0.717) is 12.2 Å². The lowest BCUT2D eigenvalue weighted by molar-refractivity contribution is -0.115. The summed E-state index contributed by atoms with van der Waals surface area (Å²) in [7, 11) is 0. The van der Waals surface area contributed by atoms with Crippen molar-refractivity contribution in [3.05, 3.63) is 58.3 Å². The van der Waals surface area contributed by atoms with E-state index in [9.17, 15) is 9.59 Å². The van der Waals surface area contributed by atoms with Gasteiger partial charge in [-0.3, -0.25) is 25.8 Å². The molecule has 1 aromatic carbocycles. The summed E-state index contributed by atoms with van der Waals surface area (Å²) in [6, 6.07) is 10.6. The highest BCUT2D eigenvalue weighted by Gasteiger charge is 2.07. The number of hydrazine groups is 1. The normalized spacial score (nSPS) is 10.5. The number of hydrogen-bond acceptors (Lipinski definition) is 5. The van der Waals surface area contributed by atoms with Crippen LogP contribution in [0.5, 0.6) is 5.75 Å². The van der Waals surface area contributed by atoms with E-state index in [-0.39, 0.29) is 16.9 Å². The smallest absolute Gasteiger partial charge is 0.269 e. The van der Waals surface area contributed by atoms with Crippen molar-refractivity contribution in [1.82, 2.24) is 16.2 Å². The van der Waals surface area contributed by atoms with E-state index in [0.717, 1.165) is 23.5 Å². The van der Waals surface area contributed by atoms with E-state index >= 15 is 0 Å². The molecule has 1 aromatic heterocycles. The number of benzene rings is 1. The Morgan fingerprint density at radius 3 is 2.59 bits per heavy atom. The molecule has 8 heteroatoms. The highest BCUT2D eigenvalue weighted by Crippen LogP contribution is 2.13. The Morgan fingerprint density at radius 1 is 1.10 bits per heavy atom. The molecule has 2 rings (SSSR count). The van der Waals surface area contributed by atoms with Gasteiger partial charge in [0.25, 0.3) is 5.91 Å². The van der Waals surface area contributed by atoms with Gasteiger partial charge in [-0.2, -0.15) is 0 Å². The quantitative estimate of drug-likeness (QED) is 0.242. The Balaban J connectivity index is 1.69. The Bertz CT molecular complexity index is 818. The molecule has 0 radical (unpaired) electrons. The summed E-state index contributed by atoms with van der Waals surface area (Å²) in [5, 5.41) is 4.39. The molecule has 0 aliphatic heterocycles. The number of hydrogen-bond donors (Lipinski definition) is 3. The van der Waals surface area contributed by atoms with E-state index < -0.39 is 0 Å². The Kier molecular flexibility index (Phi) is 9.88. The van der Waals surface area contributed by atoms with Gasteiger partial charge in [0.1, 0.15) is 5.75 Å².